The predicted molar refractivity (Wildman–Crippen MR) is 119 cm³/mol. The van der Waals surface area contributed by atoms with Crippen molar-refractivity contribution in [2.45, 2.75) is 32.2 Å². The molecule has 0 bridgehead atoms. The molecule has 9 heteroatoms. The molecule has 4 rings (SSSR count). The van der Waals surface area contributed by atoms with Crippen molar-refractivity contribution in [2.24, 2.45) is 0 Å². The summed E-state index contributed by atoms with van der Waals surface area (Å²) in [5.41, 5.74) is 0.585. The molecule has 0 aliphatic carbocycles. The first kappa shape index (κ1) is 22.6. The number of benzene rings is 1. The Morgan fingerprint density at radius 1 is 1.03 bits per heavy atom. The van der Waals surface area contributed by atoms with Crippen molar-refractivity contribution in [3.63, 3.8) is 0 Å². The van der Waals surface area contributed by atoms with E-state index in [1.54, 1.807) is 28.9 Å². The number of rotatable bonds is 5. The maximum absolute atomic E-state index is 13.2. The van der Waals surface area contributed by atoms with Crippen LogP contribution in [0, 0.1) is 0 Å². The second kappa shape index (κ2) is 8.73. The Morgan fingerprint density at radius 3 is 2.24 bits per heavy atom. The molecule has 33 heavy (non-hydrogen) atoms. The van der Waals surface area contributed by atoms with E-state index in [4.69, 9.17) is 4.42 Å². The molecule has 0 radical (unpaired) electrons. The maximum Gasteiger partial charge on any atom is 0.325 e. The summed E-state index contributed by atoms with van der Waals surface area (Å²) in [4.78, 5) is 55.2. The molecular weight excluding hydrogens is 424 g/mol. The SMILES string of the molecule is CC(C)c1ccc(C2(C)NC(=O)N(CC(=O)N3CCN(C(=O)c4ccco4)CC3)C2=O)cc1. The van der Waals surface area contributed by atoms with Crippen LogP contribution in [-0.4, -0.2) is 71.2 Å². The van der Waals surface area contributed by atoms with E-state index in [9.17, 15) is 19.2 Å². The topological polar surface area (TPSA) is 103 Å². The summed E-state index contributed by atoms with van der Waals surface area (Å²) in [6.45, 7) is 6.83. The number of hydrogen-bond donors (Lipinski definition) is 1. The molecule has 9 nitrogen and oxygen atoms in total. The lowest BCUT2D eigenvalue weighted by atomic mass is 9.90. The zero-order valence-corrected chi connectivity index (χ0v) is 19.0. The summed E-state index contributed by atoms with van der Waals surface area (Å²) in [5.74, 6) is -0.396. The Balaban J connectivity index is 1.38. The minimum atomic E-state index is -1.22. The van der Waals surface area contributed by atoms with E-state index >= 15 is 0 Å². The normalized spacial score (nSPS) is 21.0. The van der Waals surface area contributed by atoms with Gasteiger partial charge in [-0.25, -0.2) is 4.79 Å². The highest BCUT2D eigenvalue weighted by atomic mass is 16.3. The summed E-state index contributed by atoms with van der Waals surface area (Å²) >= 11 is 0. The molecule has 1 aromatic heterocycles. The second-order valence-electron chi connectivity index (χ2n) is 8.87. The fourth-order valence-electron chi connectivity index (χ4n) is 4.19. The average Bonchev–Trinajstić information content (AvgIpc) is 3.42. The number of nitrogens with one attached hydrogen (secondary N) is 1. The highest BCUT2D eigenvalue weighted by molar-refractivity contribution is 6.09. The van der Waals surface area contributed by atoms with Crippen LogP contribution in [-0.2, 0) is 15.1 Å². The molecule has 1 unspecified atom stereocenters. The van der Waals surface area contributed by atoms with Gasteiger partial charge in [0.25, 0.3) is 11.8 Å². The highest BCUT2D eigenvalue weighted by Gasteiger charge is 2.49. The first-order valence-corrected chi connectivity index (χ1v) is 11.1. The first-order chi connectivity index (χ1) is 15.7. The number of hydrogen-bond acceptors (Lipinski definition) is 5. The number of imide groups is 1. The third kappa shape index (κ3) is 4.22. The Morgan fingerprint density at radius 2 is 1.67 bits per heavy atom. The summed E-state index contributed by atoms with van der Waals surface area (Å²) in [6, 6.07) is 10.2. The summed E-state index contributed by atoms with van der Waals surface area (Å²) < 4.78 is 5.15. The molecule has 5 amide bonds. The van der Waals surface area contributed by atoms with Crippen LogP contribution in [0.25, 0.3) is 0 Å². The molecule has 0 saturated carbocycles. The van der Waals surface area contributed by atoms with Gasteiger partial charge in [-0.15, -0.1) is 0 Å². The van der Waals surface area contributed by atoms with Gasteiger partial charge in [-0.2, -0.15) is 0 Å². The third-order valence-corrected chi connectivity index (χ3v) is 6.37. The zero-order chi connectivity index (χ0) is 23.8. The van der Waals surface area contributed by atoms with Gasteiger partial charge in [0, 0.05) is 26.2 Å². The molecule has 174 valence electrons. The van der Waals surface area contributed by atoms with Crippen molar-refractivity contribution in [1.29, 1.82) is 0 Å². The lowest BCUT2D eigenvalue weighted by Gasteiger charge is -2.34. The molecule has 1 N–H and O–H groups in total. The van der Waals surface area contributed by atoms with Crippen molar-refractivity contribution in [2.75, 3.05) is 32.7 Å². The summed E-state index contributed by atoms with van der Waals surface area (Å²) in [6.07, 6.45) is 1.44. The lowest BCUT2D eigenvalue weighted by molar-refractivity contribution is -0.139. The van der Waals surface area contributed by atoms with E-state index in [-0.39, 0.29) is 24.1 Å². The van der Waals surface area contributed by atoms with Crippen LogP contribution in [0.5, 0.6) is 0 Å². The molecule has 2 aliphatic heterocycles. The van der Waals surface area contributed by atoms with Crippen LogP contribution in [0.4, 0.5) is 4.79 Å². The standard InChI is InChI=1S/C24H28N4O5/c1-16(2)17-6-8-18(9-7-17)24(3)22(31)28(23(32)25-24)15-20(29)26-10-12-27(13-11-26)21(30)19-5-4-14-33-19/h4-9,14,16H,10-13,15H2,1-3H3,(H,25,32). The van der Waals surface area contributed by atoms with Crippen LogP contribution in [0.2, 0.25) is 0 Å². The van der Waals surface area contributed by atoms with Crippen molar-refractivity contribution in [3.8, 4) is 0 Å². The molecule has 1 atom stereocenters. The van der Waals surface area contributed by atoms with Crippen molar-refractivity contribution in [3.05, 3.63) is 59.5 Å². The second-order valence-corrected chi connectivity index (χ2v) is 8.87. The molecule has 1 aromatic carbocycles. The average molecular weight is 453 g/mol. The number of furan rings is 1. The van der Waals surface area contributed by atoms with Crippen LogP contribution >= 0.6 is 0 Å². The van der Waals surface area contributed by atoms with Crippen molar-refractivity contribution >= 4 is 23.8 Å². The Labute approximate surface area is 192 Å². The minimum Gasteiger partial charge on any atom is -0.459 e. The van der Waals surface area contributed by atoms with E-state index in [0.717, 1.165) is 10.5 Å². The number of carbonyl (C=O) groups excluding carboxylic acids is 4. The molecule has 3 heterocycles. The Bertz CT molecular complexity index is 1060. The van der Waals surface area contributed by atoms with Crippen LogP contribution in [0.3, 0.4) is 0 Å². The number of amides is 5. The Kier molecular flexibility index (Phi) is 5.97. The molecular formula is C24H28N4O5. The van der Waals surface area contributed by atoms with E-state index < -0.39 is 17.5 Å². The fourth-order valence-corrected chi connectivity index (χ4v) is 4.19. The van der Waals surface area contributed by atoms with Gasteiger partial charge in [0.15, 0.2) is 5.76 Å². The molecule has 2 aromatic rings. The number of urea groups is 1. The van der Waals surface area contributed by atoms with Crippen molar-refractivity contribution in [1.82, 2.24) is 20.0 Å². The van der Waals surface area contributed by atoms with Crippen molar-refractivity contribution < 1.29 is 23.6 Å². The zero-order valence-electron chi connectivity index (χ0n) is 19.0. The largest absolute Gasteiger partial charge is 0.459 e. The fraction of sp³-hybridized carbons (Fsp3) is 0.417. The van der Waals surface area contributed by atoms with E-state index in [1.165, 1.54) is 6.26 Å². The minimum absolute atomic E-state index is 0.222. The molecule has 0 spiro atoms. The molecule has 2 fully saturated rings. The third-order valence-electron chi connectivity index (χ3n) is 6.37. The summed E-state index contributed by atoms with van der Waals surface area (Å²) in [5, 5.41) is 2.74. The van der Waals surface area contributed by atoms with Gasteiger partial charge in [0.1, 0.15) is 12.1 Å². The van der Waals surface area contributed by atoms with Gasteiger partial charge < -0.3 is 19.5 Å². The summed E-state index contributed by atoms with van der Waals surface area (Å²) in [7, 11) is 0. The van der Waals surface area contributed by atoms with Crippen LogP contribution in [0.15, 0.2) is 47.1 Å². The quantitative estimate of drug-likeness (QED) is 0.701. The lowest BCUT2D eigenvalue weighted by Crippen LogP contribution is -2.53. The van der Waals surface area contributed by atoms with E-state index in [0.29, 0.717) is 37.7 Å². The van der Waals surface area contributed by atoms with Gasteiger partial charge in [-0.1, -0.05) is 38.1 Å². The van der Waals surface area contributed by atoms with Gasteiger partial charge in [0.2, 0.25) is 5.91 Å². The van der Waals surface area contributed by atoms with E-state index in [2.05, 4.69) is 19.2 Å². The first-order valence-electron chi connectivity index (χ1n) is 11.1. The van der Waals surface area contributed by atoms with Crippen LogP contribution < -0.4 is 5.32 Å². The molecule has 2 saturated heterocycles. The van der Waals surface area contributed by atoms with Gasteiger partial charge in [-0.05, 0) is 36.1 Å². The Hall–Kier alpha value is -3.62. The monoisotopic (exact) mass is 452 g/mol. The van der Waals surface area contributed by atoms with Gasteiger partial charge in [0.05, 0.1) is 6.26 Å². The van der Waals surface area contributed by atoms with Gasteiger partial charge in [-0.3, -0.25) is 19.3 Å². The number of piperazine rings is 1. The number of carbonyl (C=O) groups is 4. The maximum atomic E-state index is 13.2. The van der Waals surface area contributed by atoms with Gasteiger partial charge >= 0.3 is 6.03 Å². The smallest absolute Gasteiger partial charge is 0.325 e. The number of nitrogens with zero attached hydrogens (tertiary/aromatic N) is 3. The molecule has 2 aliphatic rings. The van der Waals surface area contributed by atoms with Crippen LogP contribution in [0.1, 0.15) is 48.4 Å². The predicted octanol–water partition coefficient (Wildman–Crippen LogP) is 2.15. The highest BCUT2D eigenvalue weighted by Crippen LogP contribution is 2.30. The van der Waals surface area contributed by atoms with E-state index in [1.807, 2.05) is 24.3 Å².